The van der Waals surface area contributed by atoms with E-state index in [0.29, 0.717) is 0 Å². The summed E-state index contributed by atoms with van der Waals surface area (Å²) in [6, 6.07) is 58.1. The predicted octanol–water partition coefficient (Wildman–Crippen LogP) is 14.1. The van der Waals surface area contributed by atoms with Crippen LogP contribution in [0, 0.1) is 0 Å². The fourth-order valence-corrected chi connectivity index (χ4v) is 12.0. The van der Waals surface area contributed by atoms with Crippen LogP contribution in [-0.4, -0.2) is 15.9 Å². The molecule has 2 aliphatic heterocycles. The van der Waals surface area contributed by atoms with Crippen LogP contribution in [0.2, 0.25) is 0 Å². The molecule has 3 aromatic heterocycles. The quantitative estimate of drug-likeness (QED) is 0.155. The van der Waals surface area contributed by atoms with Crippen molar-refractivity contribution in [2.45, 2.75) is 52.4 Å². The molecule has 11 aromatic rings. The van der Waals surface area contributed by atoms with Crippen LogP contribution in [0.4, 0.5) is 0 Å². The summed E-state index contributed by atoms with van der Waals surface area (Å²) in [6.07, 6.45) is 0. The van der Waals surface area contributed by atoms with Gasteiger partial charge in [-0.2, -0.15) is 0 Å². The second-order valence-electron chi connectivity index (χ2n) is 19.3. The van der Waals surface area contributed by atoms with Gasteiger partial charge >= 0.3 is 6.85 Å². The summed E-state index contributed by atoms with van der Waals surface area (Å²) in [7, 11) is 0. The Balaban J connectivity index is 1.28. The average molecular weight is 787 g/mol. The summed E-state index contributed by atoms with van der Waals surface area (Å²) in [6.45, 7) is 14.1. The van der Waals surface area contributed by atoms with Crippen molar-refractivity contribution in [3.05, 3.63) is 163 Å². The van der Waals surface area contributed by atoms with E-state index in [-0.39, 0.29) is 17.7 Å². The second-order valence-corrected chi connectivity index (χ2v) is 20.4. The molecule has 5 heterocycles. The van der Waals surface area contributed by atoms with Gasteiger partial charge in [-0.1, -0.05) is 139 Å². The maximum atomic E-state index is 2.76. The Bertz CT molecular complexity index is 3660. The number of aromatic nitrogens is 2. The predicted molar refractivity (Wildman–Crippen MR) is 261 cm³/mol. The van der Waals surface area contributed by atoms with Gasteiger partial charge in [0, 0.05) is 64.0 Å². The third-order valence-electron chi connectivity index (χ3n) is 13.8. The first-order valence-electron chi connectivity index (χ1n) is 21.4. The van der Waals surface area contributed by atoms with Gasteiger partial charge in [0.1, 0.15) is 0 Å². The van der Waals surface area contributed by atoms with Gasteiger partial charge < -0.3 is 9.05 Å². The summed E-state index contributed by atoms with van der Waals surface area (Å²) in [5.41, 5.74) is 19.7. The van der Waals surface area contributed by atoms with E-state index in [1.807, 2.05) is 11.3 Å². The normalized spacial score (nSPS) is 13.5. The SMILES string of the molecule is CC(C)(C)c1ccc2c(c1)c1cc(C(C)(C)C)cc3c1n2B1c2c(cc4sc5ccccc5c4c2-3)-n2c3ccc(-c4ccccc4)cc3c3cc(-c4ccccc4)cc1c32. The smallest absolute Gasteiger partial charge is 0.333 e. The first-order valence-corrected chi connectivity index (χ1v) is 22.2. The van der Waals surface area contributed by atoms with Crippen molar-refractivity contribution in [2.75, 3.05) is 0 Å². The molecule has 2 aliphatic rings. The lowest BCUT2D eigenvalue weighted by Crippen LogP contribution is -2.55. The number of benzene rings is 8. The zero-order valence-corrected chi connectivity index (χ0v) is 35.6. The molecule has 0 fully saturated rings. The molecule has 0 amide bonds. The molecule has 0 spiro atoms. The van der Waals surface area contributed by atoms with E-state index in [9.17, 15) is 0 Å². The van der Waals surface area contributed by atoms with Gasteiger partial charge in [-0.3, -0.25) is 0 Å². The minimum atomic E-state index is -0.0429. The van der Waals surface area contributed by atoms with Crippen LogP contribution in [-0.2, 0) is 10.8 Å². The maximum Gasteiger partial charge on any atom is 0.333 e. The van der Waals surface area contributed by atoms with Crippen LogP contribution in [0.5, 0.6) is 0 Å². The molecule has 0 saturated carbocycles. The molecular weight excluding hydrogens is 744 g/mol. The molecule has 8 aromatic carbocycles. The van der Waals surface area contributed by atoms with Crippen molar-refractivity contribution in [3.63, 3.8) is 0 Å². The molecule has 0 bridgehead atoms. The molecule has 13 rings (SSSR count). The summed E-state index contributed by atoms with van der Waals surface area (Å²) in [5.74, 6) is 0. The Morgan fingerprint density at radius 2 is 1.10 bits per heavy atom. The van der Waals surface area contributed by atoms with Crippen LogP contribution in [0.1, 0.15) is 52.7 Å². The number of hydrogen-bond acceptors (Lipinski definition) is 1. The maximum absolute atomic E-state index is 2.76. The van der Waals surface area contributed by atoms with Gasteiger partial charge in [-0.05, 0) is 115 Å². The molecular formula is C56H43BN2S. The highest BCUT2D eigenvalue weighted by Gasteiger charge is 2.43. The van der Waals surface area contributed by atoms with Crippen molar-refractivity contribution >= 4 is 92.9 Å². The van der Waals surface area contributed by atoms with E-state index in [0.717, 1.165) is 0 Å². The summed E-state index contributed by atoms with van der Waals surface area (Å²) in [4.78, 5) is 0. The molecule has 2 nitrogen and oxygen atoms in total. The zero-order valence-electron chi connectivity index (χ0n) is 34.8. The molecule has 4 heteroatoms. The van der Waals surface area contributed by atoms with E-state index in [1.54, 1.807) is 0 Å². The zero-order chi connectivity index (χ0) is 40.4. The molecule has 0 aliphatic carbocycles. The summed E-state index contributed by atoms with van der Waals surface area (Å²) >= 11 is 1.94. The molecule has 0 unspecified atom stereocenters. The van der Waals surface area contributed by atoms with E-state index in [2.05, 4.69) is 202 Å². The van der Waals surface area contributed by atoms with Crippen molar-refractivity contribution in [2.24, 2.45) is 0 Å². The molecule has 0 N–H and O–H groups in total. The fourth-order valence-electron chi connectivity index (χ4n) is 10.8. The van der Waals surface area contributed by atoms with Crippen molar-refractivity contribution in [1.82, 2.24) is 9.05 Å². The second kappa shape index (κ2) is 11.7. The number of thiophene rings is 1. The van der Waals surface area contributed by atoms with Crippen molar-refractivity contribution in [1.29, 1.82) is 0 Å². The lowest BCUT2D eigenvalue weighted by atomic mass is 9.45. The Morgan fingerprint density at radius 3 is 1.85 bits per heavy atom. The van der Waals surface area contributed by atoms with E-state index >= 15 is 0 Å². The Labute approximate surface area is 354 Å². The minimum absolute atomic E-state index is 0.0196. The van der Waals surface area contributed by atoms with Crippen molar-refractivity contribution in [3.8, 4) is 39.1 Å². The Morgan fingerprint density at radius 1 is 0.467 bits per heavy atom. The van der Waals surface area contributed by atoms with Crippen LogP contribution < -0.4 is 10.9 Å². The van der Waals surface area contributed by atoms with Gasteiger partial charge in [0.05, 0.1) is 11.0 Å². The van der Waals surface area contributed by atoms with E-state index in [4.69, 9.17) is 0 Å². The number of rotatable bonds is 2. The highest BCUT2D eigenvalue weighted by molar-refractivity contribution is 7.26. The van der Waals surface area contributed by atoms with Gasteiger partial charge in [0.25, 0.3) is 0 Å². The van der Waals surface area contributed by atoms with Crippen LogP contribution in [0.3, 0.4) is 0 Å². The Hall–Kier alpha value is -6.36. The lowest BCUT2D eigenvalue weighted by Gasteiger charge is -2.35. The first kappa shape index (κ1) is 34.5. The molecule has 60 heavy (non-hydrogen) atoms. The van der Waals surface area contributed by atoms with E-state index in [1.165, 1.54) is 125 Å². The number of nitrogens with zero attached hydrogens (tertiary/aromatic N) is 2. The molecule has 0 radical (unpaired) electrons. The van der Waals surface area contributed by atoms with Gasteiger partial charge in [0.15, 0.2) is 0 Å². The highest BCUT2D eigenvalue weighted by Crippen LogP contribution is 2.50. The van der Waals surface area contributed by atoms with Crippen molar-refractivity contribution < 1.29 is 0 Å². The standard InChI is InChI=1S/C56H43BN2S/c1-55(2,3)36-22-24-46-40(28-36)42-29-37(56(4,5)6)30-43-51-50-38-19-13-14-20-48(38)60-49(50)31-47-52(51)57(59(46)53(42)43)44-27-35(33-17-11-8-12-18-33)26-41-39-25-34(32-15-9-7-10-16-32)21-23-45(39)58(47)54(41)44/h7-31H,1-6H3. The number of hydrogen-bond donors (Lipinski definition) is 0. The molecule has 0 atom stereocenters. The van der Waals surface area contributed by atoms with Gasteiger partial charge in [-0.15, -0.1) is 11.3 Å². The van der Waals surface area contributed by atoms with Crippen LogP contribution >= 0.6 is 11.3 Å². The first-order chi connectivity index (χ1) is 29.0. The highest BCUT2D eigenvalue weighted by atomic mass is 32.1. The largest absolute Gasteiger partial charge is 0.375 e. The van der Waals surface area contributed by atoms with Gasteiger partial charge in [0.2, 0.25) is 0 Å². The summed E-state index contributed by atoms with van der Waals surface area (Å²) < 4.78 is 8.08. The monoisotopic (exact) mass is 786 g/mol. The van der Waals surface area contributed by atoms with Crippen LogP contribution in [0.25, 0.3) is 103 Å². The lowest BCUT2D eigenvalue weighted by molar-refractivity contribution is 0.590. The molecule has 286 valence electrons. The summed E-state index contributed by atoms with van der Waals surface area (Å²) in [5, 5.41) is 8.04. The topological polar surface area (TPSA) is 9.86 Å². The number of fused-ring (bicyclic) bond motifs is 14. The third kappa shape index (κ3) is 4.55. The van der Waals surface area contributed by atoms with Crippen LogP contribution in [0.15, 0.2) is 152 Å². The van der Waals surface area contributed by atoms with E-state index < -0.39 is 0 Å². The third-order valence-corrected chi connectivity index (χ3v) is 14.9. The van der Waals surface area contributed by atoms with Gasteiger partial charge in [-0.25, -0.2) is 0 Å². The minimum Gasteiger partial charge on any atom is -0.375 e. The molecule has 0 saturated heterocycles. The fraction of sp³-hybridized carbons (Fsp3) is 0.143. The Kier molecular flexibility index (Phi) is 6.72. The average Bonchev–Trinajstić information content (AvgIpc) is 3.91.